The van der Waals surface area contributed by atoms with Crippen molar-refractivity contribution < 1.29 is 9.21 Å². The molecule has 0 saturated heterocycles. The number of nitrogens with zero attached hydrogens (tertiary/aromatic N) is 3. The Kier molecular flexibility index (Phi) is 6.10. The first-order chi connectivity index (χ1) is 15.3. The van der Waals surface area contributed by atoms with Crippen LogP contribution in [0.3, 0.4) is 0 Å². The van der Waals surface area contributed by atoms with E-state index in [2.05, 4.69) is 9.97 Å². The third-order valence-electron chi connectivity index (χ3n) is 5.91. The number of rotatable bonds is 7. The van der Waals surface area contributed by atoms with Crippen molar-refractivity contribution in [2.75, 3.05) is 13.6 Å². The summed E-state index contributed by atoms with van der Waals surface area (Å²) in [4.78, 5) is 36.6. The van der Waals surface area contributed by atoms with Crippen LogP contribution < -0.4 is 5.56 Å². The molecule has 1 atom stereocenters. The number of furan rings is 1. The number of nitrogens with one attached hydrogen (secondary N) is 1. The van der Waals surface area contributed by atoms with E-state index in [1.54, 1.807) is 18.0 Å². The van der Waals surface area contributed by atoms with Gasteiger partial charge in [-0.25, -0.2) is 4.98 Å². The molecule has 4 aromatic rings. The number of carbonyl (C=O) groups is 1. The molecule has 7 heteroatoms. The van der Waals surface area contributed by atoms with Crippen LogP contribution in [0.15, 0.2) is 63.8 Å². The van der Waals surface area contributed by atoms with E-state index < -0.39 is 0 Å². The predicted octanol–water partition coefficient (Wildman–Crippen LogP) is 4.10. The lowest BCUT2D eigenvalue weighted by atomic mass is 10.2. The number of carbonyl (C=O) groups excluding carboxylic acids is 1. The van der Waals surface area contributed by atoms with Crippen LogP contribution in [0.2, 0.25) is 0 Å². The van der Waals surface area contributed by atoms with Crippen LogP contribution in [-0.4, -0.2) is 45.3 Å². The highest BCUT2D eigenvalue weighted by Gasteiger charge is 2.24. The van der Waals surface area contributed by atoms with E-state index in [4.69, 9.17) is 4.42 Å². The van der Waals surface area contributed by atoms with Crippen molar-refractivity contribution >= 4 is 27.8 Å². The SMILES string of the molecule is CC(C)N(CC(=O)N(C)C(C)c1cc2ccccc2o1)Cc1nc2ccccc2c(=O)[nH]1. The van der Waals surface area contributed by atoms with Crippen molar-refractivity contribution in [1.82, 2.24) is 19.8 Å². The molecule has 2 heterocycles. The van der Waals surface area contributed by atoms with Crippen LogP contribution >= 0.6 is 0 Å². The molecule has 0 aliphatic carbocycles. The van der Waals surface area contributed by atoms with E-state index in [1.807, 2.05) is 74.2 Å². The number of H-pyrrole nitrogens is 1. The average Bonchev–Trinajstić information content (AvgIpc) is 3.22. The number of para-hydroxylation sites is 2. The first-order valence-corrected chi connectivity index (χ1v) is 10.8. The van der Waals surface area contributed by atoms with Crippen LogP contribution in [0.4, 0.5) is 0 Å². The molecule has 4 rings (SSSR count). The molecule has 0 bridgehead atoms. The lowest BCUT2D eigenvalue weighted by molar-refractivity contribution is -0.134. The molecule has 0 radical (unpaired) electrons. The van der Waals surface area contributed by atoms with Gasteiger partial charge in [0, 0.05) is 18.5 Å². The van der Waals surface area contributed by atoms with E-state index in [0.29, 0.717) is 23.3 Å². The number of likely N-dealkylation sites (N-methyl/N-ethyl adjacent to an activating group) is 1. The van der Waals surface area contributed by atoms with Gasteiger partial charge in [0.25, 0.3) is 5.56 Å². The first kappa shape index (κ1) is 21.8. The van der Waals surface area contributed by atoms with Gasteiger partial charge in [0.15, 0.2) is 0 Å². The lowest BCUT2D eigenvalue weighted by Crippen LogP contribution is -2.42. The lowest BCUT2D eigenvalue weighted by Gasteiger charge is -2.30. The standard InChI is InChI=1S/C25H28N4O3/c1-16(2)29(14-23-26-20-11-7-6-10-19(20)25(31)27-23)15-24(30)28(4)17(3)22-13-18-9-5-8-12-21(18)32-22/h5-13,16-17H,14-15H2,1-4H3,(H,26,27,31). The molecule has 32 heavy (non-hydrogen) atoms. The van der Waals surface area contributed by atoms with E-state index in [-0.39, 0.29) is 30.1 Å². The van der Waals surface area contributed by atoms with Crippen LogP contribution in [0.5, 0.6) is 0 Å². The molecule has 0 spiro atoms. The number of benzene rings is 2. The molecule has 2 aromatic heterocycles. The van der Waals surface area contributed by atoms with Gasteiger partial charge in [-0.05, 0) is 45.0 Å². The van der Waals surface area contributed by atoms with Gasteiger partial charge in [0.2, 0.25) is 5.91 Å². The summed E-state index contributed by atoms with van der Waals surface area (Å²) >= 11 is 0. The van der Waals surface area contributed by atoms with Gasteiger partial charge in [-0.2, -0.15) is 0 Å². The second-order valence-corrected chi connectivity index (χ2v) is 8.40. The summed E-state index contributed by atoms with van der Waals surface area (Å²) in [6.45, 7) is 6.58. The topological polar surface area (TPSA) is 82.4 Å². The van der Waals surface area contributed by atoms with Crippen molar-refractivity contribution in [2.24, 2.45) is 0 Å². The van der Waals surface area contributed by atoms with Crippen molar-refractivity contribution in [2.45, 2.75) is 39.4 Å². The first-order valence-electron chi connectivity index (χ1n) is 10.8. The van der Waals surface area contributed by atoms with Gasteiger partial charge in [-0.3, -0.25) is 14.5 Å². The van der Waals surface area contributed by atoms with Crippen molar-refractivity contribution in [3.63, 3.8) is 0 Å². The van der Waals surface area contributed by atoms with Crippen LogP contribution in [0.1, 0.15) is 38.4 Å². The summed E-state index contributed by atoms with van der Waals surface area (Å²) in [5.41, 5.74) is 1.29. The molecule has 0 aliphatic rings. The van der Waals surface area contributed by atoms with Crippen LogP contribution in [0.25, 0.3) is 21.9 Å². The highest BCUT2D eigenvalue weighted by Crippen LogP contribution is 2.26. The molecule has 0 fully saturated rings. The molecule has 0 aliphatic heterocycles. The number of amides is 1. The minimum absolute atomic E-state index is 0.0326. The van der Waals surface area contributed by atoms with Gasteiger partial charge in [-0.1, -0.05) is 30.3 Å². The van der Waals surface area contributed by atoms with Crippen LogP contribution in [-0.2, 0) is 11.3 Å². The highest BCUT2D eigenvalue weighted by molar-refractivity contribution is 5.80. The normalized spacial score (nSPS) is 12.7. The maximum Gasteiger partial charge on any atom is 0.258 e. The van der Waals surface area contributed by atoms with Crippen molar-refractivity contribution in [1.29, 1.82) is 0 Å². The number of hydrogen-bond acceptors (Lipinski definition) is 5. The minimum Gasteiger partial charge on any atom is -0.459 e. The zero-order valence-corrected chi connectivity index (χ0v) is 18.8. The van der Waals surface area contributed by atoms with E-state index >= 15 is 0 Å². The quantitative estimate of drug-likeness (QED) is 0.475. The fraction of sp³-hybridized carbons (Fsp3) is 0.320. The fourth-order valence-corrected chi connectivity index (χ4v) is 3.72. The second-order valence-electron chi connectivity index (χ2n) is 8.40. The van der Waals surface area contributed by atoms with E-state index in [9.17, 15) is 9.59 Å². The minimum atomic E-state index is -0.206. The predicted molar refractivity (Wildman–Crippen MR) is 125 cm³/mol. The van der Waals surface area contributed by atoms with Gasteiger partial charge < -0.3 is 14.3 Å². The molecule has 0 saturated carbocycles. The summed E-state index contributed by atoms with van der Waals surface area (Å²) in [6.07, 6.45) is 0. The van der Waals surface area contributed by atoms with Gasteiger partial charge in [0.1, 0.15) is 17.2 Å². The second kappa shape index (κ2) is 8.96. The van der Waals surface area contributed by atoms with Crippen molar-refractivity contribution in [3.8, 4) is 0 Å². The number of hydrogen-bond donors (Lipinski definition) is 1. The Balaban J connectivity index is 1.49. The summed E-state index contributed by atoms with van der Waals surface area (Å²) in [6, 6.07) is 16.9. The number of aromatic amines is 1. The smallest absolute Gasteiger partial charge is 0.258 e. The fourth-order valence-electron chi connectivity index (χ4n) is 3.72. The average molecular weight is 433 g/mol. The molecule has 7 nitrogen and oxygen atoms in total. The van der Waals surface area contributed by atoms with Crippen molar-refractivity contribution in [3.05, 3.63) is 76.5 Å². The summed E-state index contributed by atoms with van der Waals surface area (Å²) < 4.78 is 5.95. The Hall–Kier alpha value is -3.45. The largest absolute Gasteiger partial charge is 0.459 e. The monoisotopic (exact) mass is 432 g/mol. The Morgan fingerprint density at radius 2 is 1.81 bits per heavy atom. The zero-order chi connectivity index (χ0) is 22.8. The summed E-state index contributed by atoms with van der Waals surface area (Å²) in [7, 11) is 1.79. The molecule has 1 N–H and O–H groups in total. The number of fused-ring (bicyclic) bond motifs is 2. The summed E-state index contributed by atoms with van der Waals surface area (Å²) in [5, 5.41) is 1.58. The molecule has 2 aromatic carbocycles. The molecular weight excluding hydrogens is 404 g/mol. The molecule has 166 valence electrons. The third kappa shape index (κ3) is 4.43. The van der Waals surface area contributed by atoms with Gasteiger partial charge >= 0.3 is 0 Å². The van der Waals surface area contributed by atoms with E-state index in [0.717, 1.165) is 16.7 Å². The number of aromatic nitrogens is 2. The summed E-state index contributed by atoms with van der Waals surface area (Å²) in [5.74, 6) is 1.26. The zero-order valence-electron chi connectivity index (χ0n) is 18.8. The Morgan fingerprint density at radius 1 is 1.09 bits per heavy atom. The Morgan fingerprint density at radius 3 is 2.56 bits per heavy atom. The maximum absolute atomic E-state index is 13.1. The van der Waals surface area contributed by atoms with Crippen LogP contribution in [0, 0.1) is 0 Å². The highest BCUT2D eigenvalue weighted by atomic mass is 16.3. The Labute approximate surface area is 186 Å². The van der Waals surface area contributed by atoms with E-state index in [1.165, 1.54) is 0 Å². The molecule has 1 unspecified atom stereocenters. The third-order valence-corrected chi connectivity index (χ3v) is 5.91. The molecular formula is C25H28N4O3. The molecule has 1 amide bonds. The van der Waals surface area contributed by atoms with Gasteiger partial charge in [0.05, 0.1) is 30.0 Å². The Bertz CT molecular complexity index is 1270. The maximum atomic E-state index is 13.1. The van der Waals surface area contributed by atoms with Gasteiger partial charge in [-0.15, -0.1) is 0 Å².